The average molecular weight is 353 g/mol. The first-order valence-corrected chi connectivity index (χ1v) is 8.54. The molecule has 0 radical (unpaired) electrons. The van der Waals surface area contributed by atoms with Crippen LogP contribution in [0.1, 0.15) is 44.3 Å². The maximum atomic E-state index is 12.0. The lowest BCUT2D eigenvalue weighted by molar-refractivity contribution is -0.141. The van der Waals surface area contributed by atoms with Gasteiger partial charge in [-0.2, -0.15) is 0 Å². The molecule has 0 aliphatic rings. The Morgan fingerprint density at radius 2 is 1.58 bits per heavy atom. The molecule has 0 atom stereocenters. The molecule has 0 fully saturated rings. The number of Topliss-reactive ketones (excluding diaryl/α,β-unsaturated/α-hetero) is 1. The van der Waals surface area contributed by atoms with Gasteiger partial charge in [0.05, 0.1) is 0 Å². The van der Waals surface area contributed by atoms with E-state index in [1.807, 2.05) is 39.0 Å². The second kappa shape index (κ2) is 8.94. The summed E-state index contributed by atoms with van der Waals surface area (Å²) in [5.41, 5.74) is 4.20. The van der Waals surface area contributed by atoms with Crippen molar-refractivity contribution >= 4 is 17.7 Å². The largest absolute Gasteiger partial charge is 0.456 e. The van der Waals surface area contributed by atoms with Crippen molar-refractivity contribution in [2.45, 2.75) is 27.2 Å². The van der Waals surface area contributed by atoms with Crippen molar-refractivity contribution in [1.29, 1.82) is 0 Å². The minimum Gasteiger partial charge on any atom is -0.456 e. The summed E-state index contributed by atoms with van der Waals surface area (Å²) in [5.74, 6) is -1.28. The molecule has 0 aliphatic heterocycles. The number of ether oxygens (including phenoxy) is 1. The molecule has 5 nitrogen and oxygen atoms in total. The van der Waals surface area contributed by atoms with E-state index in [1.165, 1.54) is 0 Å². The summed E-state index contributed by atoms with van der Waals surface area (Å²) in [6.45, 7) is 5.28. The van der Waals surface area contributed by atoms with Crippen molar-refractivity contribution < 1.29 is 19.1 Å². The Kier molecular flexibility index (Phi) is 6.67. The summed E-state index contributed by atoms with van der Waals surface area (Å²) in [6, 6.07) is 12.5. The molecule has 1 N–H and O–H groups in total. The number of hydrogen-bond acceptors (Lipinski definition) is 4. The van der Waals surface area contributed by atoms with Crippen molar-refractivity contribution in [3.05, 3.63) is 70.3 Å². The van der Waals surface area contributed by atoms with Gasteiger partial charge in [0, 0.05) is 11.1 Å². The van der Waals surface area contributed by atoms with Crippen molar-refractivity contribution in [2.75, 3.05) is 13.2 Å². The van der Waals surface area contributed by atoms with Gasteiger partial charge in [0.2, 0.25) is 0 Å². The lowest BCUT2D eigenvalue weighted by Crippen LogP contribution is -2.31. The van der Waals surface area contributed by atoms with Crippen LogP contribution in [-0.2, 0) is 16.0 Å². The molecule has 136 valence electrons. The van der Waals surface area contributed by atoms with Crippen LogP contribution in [-0.4, -0.2) is 30.8 Å². The Labute approximate surface area is 153 Å². The molecule has 0 unspecified atom stereocenters. The maximum Gasteiger partial charge on any atom is 0.325 e. The molecular weight excluding hydrogens is 330 g/mol. The van der Waals surface area contributed by atoms with Crippen LogP contribution >= 0.6 is 0 Å². The second-order valence-electron chi connectivity index (χ2n) is 6.12. The topological polar surface area (TPSA) is 72.5 Å². The van der Waals surface area contributed by atoms with E-state index >= 15 is 0 Å². The molecule has 1 amide bonds. The number of aryl methyl sites for hydroxylation is 3. The molecule has 2 rings (SSSR count). The minimum absolute atomic E-state index is 0.276. The Bertz CT molecular complexity index is 809. The lowest BCUT2D eigenvalue weighted by atomic mass is 10.1. The molecule has 0 aromatic heterocycles. The third-order valence-electron chi connectivity index (χ3n) is 4.21. The molecule has 0 aliphatic carbocycles. The van der Waals surface area contributed by atoms with Crippen LogP contribution < -0.4 is 5.32 Å². The molecule has 26 heavy (non-hydrogen) atoms. The zero-order chi connectivity index (χ0) is 19.1. The summed E-state index contributed by atoms with van der Waals surface area (Å²) < 4.78 is 4.94. The van der Waals surface area contributed by atoms with E-state index < -0.39 is 5.97 Å². The van der Waals surface area contributed by atoms with Crippen molar-refractivity contribution in [1.82, 2.24) is 5.32 Å². The molecule has 2 aromatic rings. The quantitative estimate of drug-likeness (QED) is 0.613. The highest BCUT2D eigenvalue weighted by Crippen LogP contribution is 2.09. The van der Waals surface area contributed by atoms with Gasteiger partial charge in [-0.15, -0.1) is 0 Å². The normalized spacial score (nSPS) is 10.3. The minimum atomic E-state index is -0.652. The third kappa shape index (κ3) is 5.28. The number of esters is 1. The van der Waals surface area contributed by atoms with E-state index in [2.05, 4.69) is 5.32 Å². The van der Waals surface area contributed by atoms with Crippen LogP contribution in [0.5, 0.6) is 0 Å². The van der Waals surface area contributed by atoms with Gasteiger partial charge in [0.25, 0.3) is 5.91 Å². The Morgan fingerprint density at radius 1 is 0.923 bits per heavy atom. The fourth-order valence-corrected chi connectivity index (χ4v) is 2.34. The number of carbonyl (C=O) groups is 3. The number of amides is 1. The number of nitrogens with one attached hydrogen (secondary N) is 1. The molecule has 0 spiro atoms. The van der Waals surface area contributed by atoms with E-state index in [4.69, 9.17) is 4.74 Å². The zero-order valence-corrected chi connectivity index (χ0v) is 15.3. The van der Waals surface area contributed by atoms with Gasteiger partial charge in [-0.3, -0.25) is 14.4 Å². The molecule has 0 saturated carbocycles. The lowest BCUT2D eigenvalue weighted by Gasteiger charge is -2.08. The van der Waals surface area contributed by atoms with Gasteiger partial charge in [-0.05, 0) is 49.1 Å². The number of rotatable bonds is 7. The summed E-state index contributed by atoms with van der Waals surface area (Å²) >= 11 is 0. The first-order chi connectivity index (χ1) is 12.4. The van der Waals surface area contributed by atoms with Gasteiger partial charge < -0.3 is 10.1 Å². The standard InChI is InChI=1S/C21H23NO4/c1-4-16-6-9-17(10-7-16)19(23)13-26-20(24)12-22-21(25)18-8-5-14(2)15(3)11-18/h5-11H,4,12-13H2,1-3H3,(H,22,25). The molecular formula is C21H23NO4. The predicted octanol–water partition coefficient (Wildman–Crippen LogP) is 3.02. The first kappa shape index (κ1) is 19.4. The smallest absolute Gasteiger partial charge is 0.325 e. The van der Waals surface area contributed by atoms with Crippen LogP contribution in [0, 0.1) is 13.8 Å². The number of carbonyl (C=O) groups excluding carboxylic acids is 3. The van der Waals surface area contributed by atoms with E-state index in [0.717, 1.165) is 23.1 Å². The van der Waals surface area contributed by atoms with Crippen LogP contribution in [0.3, 0.4) is 0 Å². The van der Waals surface area contributed by atoms with Crippen LogP contribution in [0.4, 0.5) is 0 Å². The monoisotopic (exact) mass is 353 g/mol. The van der Waals surface area contributed by atoms with E-state index in [-0.39, 0.29) is 24.8 Å². The van der Waals surface area contributed by atoms with E-state index in [9.17, 15) is 14.4 Å². The zero-order valence-electron chi connectivity index (χ0n) is 15.3. The molecule has 0 bridgehead atoms. The number of benzene rings is 2. The molecule has 2 aromatic carbocycles. The highest BCUT2D eigenvalue weighted by molar-refractivity contribution is 5.99. The summed E-state index contributed by atoms with van der Waals surface area (Å²) in [4.78, 5) is 35.8. The fraction of sp³-hybridized carbons (Fsp3) is 0.286. The average Bonchev–Trinajstić information content (AvgIpc) is 2.66. The molecule has 0 saturated heterocycles. The van der Waals surface area contributed by atoms with Gasteiger partial charge >= 0.3 is 5.97 Å². The second-order valence-corrected chi connectivity index (χ2v) is 6.12. The number of hydrogen-bond donors (Lipinski definition) is 1. The van der Waals surface area contributed by atoms with Crippen LogP contribution in [0.15, 0.2) is 42.5 Å². The van der Waals surface area contributed by atoms with Crippen molar-refractivity contribution in [3.63, 3.8) is 0 Å². The SMILES string of the molecule is CCc1ccc(C(=O)COC(=O)CNC(=O)c2ccc(C)c(C)c2)cc1. The summed E-state index contributed by atoms with van der Waals surface area (Å²) in [7, 11) is 0. The molecule has 0 heterocycles. The Balaban J connectivity index is 1.79. The van der Waals surface area contributed by atoms with Crippen LogP contribution in [0.2, 0.25) is 0 Å². The summed E-state index contributed by atoms with van der Waals surface area (Å²) in [5, 5.41) is 2.50. The van der Waals surface area contributed by atoms with Gasteiger partial charge in [-0.1, -0.05) is 37.3 Å². The first-order valence-electron chi connectivity index (χ1n) is 8.54. The van der Waals surface area contributed by atoms with E-state index in [1.54, 1.807) is 24.3 Å². The fourth-order valence-electron chi connectivity index (χ4n) is 2.34. The summed E-state index contributed by atoms with van der Waals surface area (Å²) in [6.07, 6.45) is 0.893. The van der Waals surface area contributed by atoms with E-state index in [0.29, 0.717) is 11.1 Å². The third-order valence-corrected chi connectivity index (χ3v) is 4.21. The van der Waals surface area contributed by atoms with Gasteiger partial charge in [-0.25, -0.2) is 0 Å². The highest BCUT2D eigenvalue weighted by atomic mass is 16.5. The highest BCUT2D eigenvalue weighted by Gasteiger charge is 2.12. The molecule has 5 heteroatoms. The predicted molar refractivity (Wildman–Crippen MR) is 99.4 cm³/mol. The van der Waals surface area contributed by atoms with Crippen molar-refractivity contribution in [2.24, 2.45) is 0 Å². The van der Waals surface area contributed by atoms with Crippen molar-refractivity contribution in [3.8, 4) is 0 Å². The Morgan fingerprint density at radius 3 is 2.19 bits per heavy atom. The van der Waals surface area contributed by atoms with Gasteiger partial charge in [0.1, 0.15) is 6.54 Å². The van der Waals surface area contributed by atoms with Crippen LogP contribution in [0.25, 0.3) is 0 Å². The van der Waals surface area contributed by atoms with Gasteiger partial charge in [0.15, 0.2) is 12.4 Å². The maximum absolute atomic E-state index is 12.0. The Hall–Kier alpha value is -2.95. The number of ketones is 1.